The maximum Gasteiger partial charge on any atom is 0.337 e. The van der Waals surface area contributed by atoms with Crippen molar-refractivity contribution in [1.82, 2.24) is 0 Å². The van der Waals surface area contributed by atoms with E-state index >= 15 is 0 Å². The monoisotopic (exact) mass is 177 g/mol. The van der Waals surface area contributed by atoms with Gasteiger partial charge in [0.15, 0.2) is 0 Å². The van der Waals surface area contributed by atoms with Crippen molar-refractivity contribution in [3.63, 3.8) is 0 Å². The van der Waals surface area contributed by atoms with Crippen molar-refractivity contribution in [2.24, 2.45) is 0 Å². The van der Waals surface area contributed by atoms with Crippen molar-refractivity contribution in [2.75, 3.05) is 5.32 Å². The molecule has 1 aromatic rings. The summed E-state index contributed by atoms with van der Waals surface area (Å²) < 4.78 is 0. The highest BCUT2D eigenvalue weighted by molar-refractivity contribution is 6.01. The summed E-state index contributed by atoms with van der Waals surface area (Å²) in [5.74, 6) is -1.89. The standard InChI is InChI=1S/C9H7NO3/c1-6(11)10-8-5-3-2-4-7(8)9(12)13/h1-5H,(H,10,11)(H,12,13). The summed E-state index contributed by atoms with van der Waals surface area (Å²) >= 11 is 0. The van der Waals surface area contributed by atoms with E-state index < -0.39 is 11.9 Å². The molecule has 0 aromatic heterocycles. The van der Waals surface area contributed by atoms with E-state index in [0.717, 1.165) is 0 Å². The van der Waals surface area contributed by atoms with Crippen molar-refractivity contribution in [3.8, 4) is 0 Å². The molecule has 1 amide bonds. The van der Waals surface area contributed by atoms with E-state index in [1.54, 1.807) is 12.1 Å². The first kappa shape index (κ1) is 9.25. The third kappa shape index (κ3) is 2.30. The number of hydrogen-bond acceptors (Lipinski definition) is 2. The molecule has 2 radical (unpaired) electrons. The minimum absolute atomic E-state index is 0.0151. The van der Waals surface area contributed by atoms with Crippen molar-refractivity contribution < 1.29 is 14.7 Å². The molecule has 0 unspecified atom stereocenters. The first-order valence-corrected chi connectivity index (χ1v) is 3.50. The van der Waals surface area contributed by atoms with Gasteiger partial charge in [0.2, 0.25) is 5.91 Å². The first-order valence-electron chi connectivity index (χ1n) is 3.50. The second kappa shape index (κ2) is 3.71. The second-order valence-electron chi connectivity index (χ2n) is 2.34. The molecule has 0 atom stereocenters. The summed E-state index contributed by atoms with van der Waals surface area (Å²) in [5, 5.41) is 10.9. The van der Waals surface area contributed by atoms with E-state index in [-0.39, 0.29) is 11.3 Å². The molecule has 4 heteroatoms. The lowest BCUT2D eigenvalue weighted by atomic mass is 10.2. The van der Waals surface area contributed by atoms with Crippen LogP contribution in [-0.4, -0.2) is 17.0 Å². The average molecular weight is 177 g/mol. The van der Waals surface area contributed by atoms with Gasteiger partial charge in [0.1, 0.15) is 0 Å². The molecular weight excluding hydrogens is 170 g/mol. The molecule has 0 saturated carbocycles. The molecule has 1 aromatic carbocycles. The van der Waals surface area contributed by atoms with Crippen LogP contribution < -0.4 is 5.32 Å². The number of carbonyl (C=O) groups excluding carboxylic acids is 1. The highest BCUT2D eigenvalue weighted by Gasteiger charge is 2.08. The van der Waals surface area contributed by atoms with Crippen molar-refractivity contribution in [2.45, 2.75) is 0 Å². The Labute approximate surface area is 75.2 Å². The van der Waals surface area contributed by atoms with Gasteiger partial charge in [-0.25, -0.2) is 4.79 Å². The zero-order valence-corrected chi connectivity index (χ0v) is 6.65. The lowest BCUT2D eigenvalue weighted by Gasteiger charge is -2.04. The molecule has 0 fully saturated rings. The van der Waals surface area contributed by atoms with Gasteiger partial charge in [0.25, 0.3) is 0 Å². The molecule has 1 rings (SSSR count). The van der Waals surface area contributed by atoms with Crippen LogP contribution in [0.25, 0.3) is 0 Å². The lowest BCUT2D eigenvalue weighted by molar-refractivity contribution is -0.112. The summed E-state index contributed by atoms with van der Waals surface area (Å²) in [5.41, 5.74) is 0.212. The summed E-state index contributed by atoms with van der Waals surface area (Å²) in [6, 6.07) is 6.02. The summed E-state index contributed by atoms with van der Waals surface area (Å²) in [6.07, 6.45) is 0. The van der Waals surface area contributed by atoms with Gasteiger partial charge in [-0.15, -0.1) is 0 Å². The molecule has 0 heterocycles. The van der Waals surface area contributed by atoms with E-state index in [4.69, 9.17) is 12.0 Å². The molecule has 13 heavy (non-hydrogen) atoms. The molecular formula is C9H7NO3. The quantitative estimate of drug-likeness (QED) is 0.709. The number of benzene rings is 1. The summed E-state index contributed by atoms with van der Waals surface area (Å²) in [4.78, 5) is 21.1. The fraction of sp³-hybridized carbons (Fsp3) is 0. The van der Waals surface area contributed by atoms with Crippen LogP contribution in [0.4, 0.5) is 5.69 Å². The topological polar surface area (TPSA) is 66.4 Å². The van der Waals surface area contributed by atoms with Crippen molar-refractivity contribution in [1.29, 1.82) is 0 Å². The number of amides is 1. The Morgan fingerprint density at radius 3 is 2.46 bits per heavy atom. The molecule has 0 aliphatic carbocycles. The third-order valence-corrected chi connectivity index (χ3v) is 1.42. The Morgan fingerprint density at radius 1 is 1.31 bits per heavy atom. The zero-order valence-electron chi connectivity index (χ0n) is 6.65. The zero-order chi connectivity index (χ0) is 9.84. The van der Waals surface area contributed by atoms with Crippen molar-refractivity contribution >= 4 is 17.6 Å². The van der Waals surface area contributed by atoms with Gasteiger partial charge in [-0.2, -0.15) is 0 Å². The molecule has 0 spiro atoms. The predicted molar refractivity (Wildman–Crippen MR) is 46.3 cm³/mol. The maximum atomic E-state index is 10.6. The van der Waals surface area contributed by atoms with Gasteiger partial charge in [-0.05, 0) is 12.1 Å². The third-order valence-electron chi connectivity index (χ3n) is 1.42. The largest absolute Gasteiger partial charge is 0.478 e. The highest BCUT2D eigenvalue weighted by Crippen LogP contribution is 2.14. The van der Waals surface area contributed by atoms with Crippen LogP contribution in [0, 0.1) is 6.92 Å². The van der Waals surface area contributed by atoms with Gasteiger partial charge in [-0.3, -0.25) is 4.79 Å². The normalized spacial score (nSPS) is 9.31. The van der Waals surface area contributed by atoms with E-state index in [1.807, 2.05) is 0 Å². The Kier molecular flexibility index (Phi) is 2.64. The second-order valence-corrected chi connectivity index (χ2v) is 2.34. The van der Waals surface area contributed by atoms with Gasteiger partial charge in [0.05, 0.1) is 18.2 Å². The Bertz CT molecular complexity index is 346. The van der Waals surface area contributed by atoms with E-state index in [0.29, 0.717) is 0 Å². The smallest absolute Gasteiger partial charge is 0.337 e. The maximum absolute atomic E-state index is 10.6. The van der Waals surface area contributed by atoms with Crippen LogP contribution in [0.15, 0.2) is 24.3 Å². The van der Waals surface area contributed by atoms with E-state index in [1.165, 1.54) is 12.1 Å². The minimum atomic E-state index is -1.11. The average Bonchev–Trinajstić information content (AvgIpc) is 2.03. The van der Waals surface area contributed by atoms with Gasteiger partial charge in [0, 0.05) is 0 Å². The van der Waals surface area contributed by atoms with Crippen LogP contribution in [0.3, 0.4) is 0 Å². The molecule has 0 aliphatic heterocycles. The lowest BCUT2D eigenvalue weighted by Crippen LogP contribution is -2.10. The molecule has 0 aliphatic rings. The van der Waals surface area contributed by atoms with Gasteiger partial charge in [-0.1, -0.05) is 12.1 Å². The van der Waals surface area contributed by atoms with Crippen LogP contribution in [-0.2, 0) is 4.79 Å². The Hall–Kier alpha value is -1.84. The predicted octanol–water partition coefficient (Wildman–Crippen LogP) is 1.03. The fourth-order valence-electron chi connectivity index (χ4n) is 0.911. The molecule has 0 bridgehead atoms. The van der Waals surface area contributed by atoms with Crippen LogP contribution in [0.2, 0.25) is 0 Å². The molecule has 2 N–H and O–H groups in total. The number of aromatic carboxylic acids is 1. The fourth-order valence-corrected chi connectivity index (χ4v) is 0.911. The van der Waals surface area contributed by atoms with Gasteiger partial charge < -0.3 is 10.4 Å². The highest BCUT2D eigenvalue weighted by atomic mass is 16.4. The van der Waals surface area contributed by atoms with Crippen LogP contribution in [0.5, 0.6) is 0 Å². The summed E-state index contributed by atoms with van der Waals surface area (Å²) in [7, 11) is 0. The minimum Gasteiger partial charge on any atom is -0.478 e. The number of anilines is 1. The van der Waals surface area contributed by atoms with E-state index in [9.17, 15) is 9.59 Å². The van der Waals surface area contributed by atoms with Gasteiger partial charge >= 0.3 is 5.97 Å². The first-order chi connectivity index (χ1) is 6.11. The molecule has 4 nitrogen and oxygen atoms in total. The van der Waals surface area contributed by atoms with Crippen molar-refractivity contribution in [3.05, 3.63) is 36.8 Å². The molecule has 0 saturated heterocycles. The number of nitrogens with one attached hydrogen (secondary N) is 1. The Balaban J connectivity index is 3.04. The number of para-hydroxylation sites is 1. The number of carbonyl (C=O) groups is 2. The number of carboxylic acid groups (broad SMARTS) is 1. The number of rotatable bonds is 2. The number of carboxylic acids is 1. The number of hydrogen-bond donors (Lipinski definition) is 2. The molecule has 66 valence electrons. The summed E-state index contributed by atoms with van der Waals surface area (Å²) in [6.45, 7) is 4.85. The Morgan fingerprint density at radius 2 is 1.92 bits per heavy atom. The van der Waals surface area contributed by atoms with E-state index in [2.05, 4.69) is 5.32 Å². The van der Waals surface area contributed by atoms with Crippen LogP contribution in [0.1, 0.15) is 10.4 Å². The SMILES string of the molecule is [CH]C(=O)Nc1ccccc1C(=O)O. The van der Waals surface area contributed by atoms with Crippen LogP contribution >= 0.6 is 0 Å².